The first-order chi connectivity index (χ1) is 18.0. The Balaban J connectivity index is 1.59. The van der Waals surface area contributed by atoms with Gasteiger partial charge < -0.3 is 4.74 Å². The van der Waals surface area contributed by atoms with Crippen LogP contribution < -0.4 is 4.74 Å². The van der Waals surface area contributed by atoms with Gasteiger partial charge in [-0.2, -0.15) is 26.4 Å². The number of fused-ring (bicyclic) bond motifs is 1. The molecule has 0 fully saturated rings. The molecule has 0 radical (unpaired) electrons. The monoisotopic (exact) mass is 578 g/mol. The molecule has 5 rings (SSSR count). The molecule has 0 aliphatic rings. The van der Waals surface area contributed by atoms with E-state index in [1.54, 1.807) is 31.2 Å². The lowest BCUT2D eigenvalue weighted by molar-refractivity contribution is 0.0281. The molecule has 0 unspecified atom stereocenters. The van der Waals surface area contributed by atoms with Crippen molar-refractivity contribution in [1.29, 1.82) is 0 Å². The van der Waals surface area contributed by atoms with Crippen LogP contribution in [0.3, 0.4) is 0 Å². The molecule has 0 aliphatic carbocycles. The number of aromatic nitrogens is 6. The minimum atomic E-state index is -4.44. The zero-order valence-electron chi connectivity index (χ0n) is 19.8. The summed E-state index contributed by atoms with van der Waals surface area (Å²) in [6, 6.07) is 14.6. The molecular weight excluding hydrogens is 561 g/mol. The summed E-state index contributed by atoms with van der Waals surface area (Å²) in [5, 5.41) is 15.0. The fraction of sp³-hybridized carbons (Fsp3) is 0.167. The summed E-state index contributed by atoms with van der Waals surface area (Å²) in [5.41, 5.74) is 0.371. The van der Waals surface area contributed by atoms with Crippen molar-refractivity contribution in [3.8, 4) is 5.75 Å². The molecule has 5 aromatic rings. The van der Waals surface area contributed by atoms with Crippen LogP contribution in [0.2, 0.25) is 10.0 Å². The average Bonchev–Trinajstić information content (AvgIpc) is 3.49. The number of tetrazole rings is 1. The second-order valence-electron chi connectivity index (χ2n) is 8.30. The fourth-order valence-corrected chi connectivity index (χ4v) is 6.43. The lowest BCUT2D eigenvalue weighted by Gasteiger charge is -2.17. The predicted octanol–water partition coefficient (Wildman–Crippen LogP) is 5.07. The Morgan fingerprint density at radius 2 is 1.71 bits per heavy atom. The normalized spacial score (nSPS) is 12.3. The Bertz CT molecular complexity index is 1750. The highest BCUT2D eigenvalue weighted by atomic mass is 35.5. The third-order valence-corrected chi connectivity index (χ3v) is 8.45. The number of hydrogen-bond donors (Lipinski definition) is 0. The van der Waals surface area contributed by atoms with E-state index in [1.165, 1.54) is 37.4 Å². The zero-order valence-corrected chi connectivity index (χ0v) is 22.1. The Morgan fingerprint density at radius 3 is 2.37 bits per heavy atom. The first-order valence-corrected chi connectivity index (χ1v) is 13.2. The molecule has 196 valence electrons. The van der Waals surface area contributed by atoms with E-state index in [-0.39, 0.29) is 27.0 Å². The Morgan fingerprint density at radius 1 is 1.03 bits per heavy atom. The van der Waals surface area contributed by atoms with Crippen LogP contribution >= 0.6 is 23.2 Å². The highest BCUT2D eigenvalue weighted by Gasteiger charge is 2.41. The average molecular weight is 579 g/mol. The van der Waals surface area contributed by atoms with E-state index in [0.29, 0.717) is 26.5 Å². The van der Waals surface area contributed by atoms with Crippen molar-refractivity contribution in [2.24, 2.45) is 0 Å². The zero-order chi connectivity index (χ0) is 27.2. The summed E-state index contributed by atoms with van der Waals surface area (Å²) >= 11 is 12.3. The van der Waals surface area contributed by atoms with E-state index in [4.69, 9.17) is 27.9 Å². The number of halogens is 4. The first-order valence-electron chi connectivity index (χ1n) is 11.0. The molecule has 0 aliphatic heterocycles. The van der Waals surface area contributed by atoms with Gasteiger partial charge in [-0.05, 0) is 53.2 Å². The minimum Gasteiger partial charge on any atom is -0.497 e. The van der Waals surface area contributed by atoms with Crippen LogP contribution in [-0.2, 0) is 22.5 Å². The largest absolute Gasteiger partial charge is 0.497 e. The fourth-order valence-electron chi connectivity index (χ4n) is 4.00. The van der Waals surface area contributed by atoms with Gasteiger partial charge in [-0.1, -0.05) is 53.5 Å². The summed E-state index contributed by atoms with van der Waals surface area (Å²) < 4.78 is 65.4. The maximum Gasteiger partial charge on any atom is 0.333 e. The number of benzene rings is 3. The van der Waals surface area contributed by atoms with Gasteiger partial charge in [0, 0.05) is 10.9 Å². The van der Waals surface area contributed by atoms with Crippen molar-refractivity contribution in [1.82, 2.24) is 29.4 Å². The van der Waals surface area contributed by atoms with Gasteiger partial charge in [0.2, 0.25) is 5.82 Å². The summed E-state index contributed by atoms with van der Waals surface area (Å²) in [7, 11) is -2.91. The Kier molecular flexibility index (Phi) is 6.58. The molecule has 0 saturated heterocycles. The third-order valence-electron chi connectivity index (χ3n) is 5.91. The van der Waals surface area contributed by atoms with E-state index in [2.05, 4.69) is 20.6 Å². The lowest BCUT2D eigenvalue weighted by Crippen LogP contribution is -2.23. The van der Waals surface area contributed by atoms with Gasteiger partial charge >= 0.3 is 5.92 Å². The SMILES string of the molecule is COc1ccc(Cn2nnnc2C(F)(F)c2ccc3c(C)nn(S(=O)(=O)c4c(Cl)cccc4Cl)c3c2)cc1. The number of rotatable bonds is 7. The topological polar surface area (TPSA) is 105 Å². The number of hydrogen-bond acceptors (Lipinski definition) is 7. The van der Waals surface area contributed by atoms with Gasteiger partial charge in [-0.15, -0.1) is 5.10 Å². The van der Waals surface area contributed by atoms with E-state index in [9.17, 15) is 8.42 Å². The second kappa shape index (κ2) is 9.61. The van der Waals surface area contributed by atoms with Crippen LogP contribution in [0.4, 0.5) is 8.78 Å². The highest BCUT2D eigenvalue weighted by Crippen LogP contribution is 2.38. The van der Waals surface area contributed by atoms with Gasteiger partial charge in [0.25, 0.3) is 10.0 Å². The molecule has 38 heavy (non-hydrogen) atoms. The second-order valence-corrected chi connectivity index (χ2v) is 10.8. The van der Waals surface area contributed by atoms with Crippen molar-refractivity contribution in [2.45, 2.75) is 24.3 Å². The molecular formula is C24H18Cl2F2N6O3S. The van der Waals surface area contributed by atoms with E-state index >= 15 is 8.78 Å². The molecule has 3 aromatic carbocycles. The van der Waals surface area contributed by atoms with Gasteiger partial charge in [-0.25, -0.2) is 4.68 Å². The maximum absolute atomic E-state index is 15.8. The molecule has 0 amide bonds. The van der Waals surface area contributed by atoms with Gasteiger partial charge in [0.05, 0.1) is 34.9 Å². The third kappa shape index (κ3) is 4.38. The van der Waals surface area contributed by atoms with Crippen LogP contribution in [-0.4, -0.2) is 44.9 Å². The smallest absolute Gasteiger partial charge is 0.333 e. The lowest BCUT2D eigenvalue weighted by atomic mass is 10.1. The van der Waals surface area contributed by atoms with Crippen molar-refractivity contribution in [3.05, 3.63) is 93.4 Å². The number of aryl methyl sites for hydroxylation is 1. The van der Waals surface area contributed by atoms with Gasteiger partial charge in [0.1, 0.15) is 10.6 Å². The molecule has 0 bridgehead atoms. The minimum absolute atomic E-state index is 0.0272. The molecule has 0 saturated carbocycles. The molecule has 14 heteroatoms. The molecule has 0 N–H and O–H groups in total. The van der Waals surface area contributed by atoms with Crippen molar-refractivity contribution >= 4 is 44.1 Å². The van der Waals surface area contributed by atoms with Crippen LogP contribution in [0.15, 0.2) is 65.6 Å². The van der Waals surface area contributed by atoms with Crippen molar-refractivity contribution in [3.63, 3.8) is 0 Å². The maximum atomic E-state index is 15.8. The van der Waals surface area contributed by atoms with Gasteiger partial charge in [-0.3, -0.25) is 0 Å². The summed E-state index contributed by atoms with van der Waals surface area (Å²) in [5.74, 6) is -3.78. The molecule has 0 spiro atoms. The Hall–Kier alpha value is -3.61. The number of ether oxygens (including phenoxy) is 1. The number of alkyl halides is 2. The quantitative estimate of drug-likeness (QED) is 0.265. The molecule has 0 atom stereocenters. The number of methoxy groups -OCH3 is 1. The first kappa shape index (κ1) is 26.0. The summed E-state index contributed by atoms with van der Waals surface area (Å²) in [4.78, 5) is -0.381. The highest BCUT2D eigenvalue weighted by molar-refractivity contribution is 7.90. The van der Waals surface area contributed by atoms with Crippen LogP contribution in [0.5, 0.6) is 5.75 Å². The standard InChI is InChI=1S/C24H18Cl2F2N6O3S/c1-14-18-11-8-16(12-21(18)34(30-14)38(35,36)22-19(25)4-3-5-20(22)26)24(27,28)23-29-31-32-33(23)13-15-6-9-17(37-2)10-7-15/h3-12H,13H2,1-2H3. The molecule has 2 heterocycles. The summed E-state index contributed by atoms with van der Waals surface area (Å²) in [6.45, 7) is 1.54. The van der Waals surface area contributed by atoms with Crippen LogP contribution in [0.1, 0.15) is 22.6 Å². The molecule has 2 aromatic heterocycles. The van der Waals surface area contributed by atoms with E-state index in [0.717, 1.165) is 10.7 Å². The van der Waals surface area contributed by atoms with E-state index in [1.807, 2.05) is 0 Å². The van der Waals surface area contributed by atoms with Gasteiger partial charge in [0.15, 0.2) is 0 Å². The number of nitrogens with zero attached hydrogens (tertiary/aromatic N) is 6. The predicted molar refractivity (Wildman–Crippen MR) is 136 cm³/mol. The molecule has 9 nitrogen and oxygen atoms in total. The van der Waals surface area contributed by atoms with Crippen LogP contribution in [0, 0.1) is 6.92 Å². The summed E-state index contributed by atoms with van der Waals surface area (Å²) in [6.07, 6.45) is 0. The van der Waals surface area contributed by atoms with Crippen molar-refractivity contribution < 1.29 is 21.9 Å². The van der Waals surface area contributed by atoms with Crippen molar-refractivity contribution in [2.75, 3.05) is 7.11 Å². The van der Waals surface area contributed by atoms with Crippen LogP contribution in [0.25, 0.3) is 10.9 Å². The van der Waals surface area contributed by atoms with E-state index < -0.39 is 27.3 Å². The Labute approximate surface area is 225 Å².